The lowest BCUT2D eigenvalue weighted by atomic mass is 10.1. The van der Waals surface area contributed by atoms with E-state index < -0.39 is 18.5 Å². The molecule has 0 saturated carbocycles. The van der Waals surface area contributed by atoms with E-state index in [0.29, 0.717) is 5.56 Å². The SMILES string of the molecule is CCOC(=O)COC(=O)CCc1ccccc1F. The average Bonchev–Trinajstić information content (AvgIpc) is 2.36. The number of rotatable bonds is 6. The third-order valence-electron chi connectivity index (χ3n) is 2.21. The van der Waals surface area contributed by atoms with Gasteiger partial charge in [0.15, 0.2) is 6.61 Å². The first-order valence-electron chi connectivity index (χ1n) is 5.68. The van der Waals surface area contributed by atoms with Crippen LogP contribution in [-0.4, -0.2) is 25.2 Å². The molecule has 0 aliphatic heterocycles. The predicted molar refractivity (Wildman–Crippen MR) is 62.3 cm³/mol. The van der Waals surface area contributed by atoms with Crippen molar-refractivity contribution in [1.82, 2.24) is 0 Å². The molecule has 5 heteroatoms. The van der Waals surface area contributed by atoms with E-state index in [1.807, 2.05) is 0 Å². The molecule has 0 spiro atoms. The van der Waals surface area contributed by atoms with Gasteiger partial charge >= 0.3 is 11.9 Å². The number of esters is 2. The van der Waals surface area contributed by atoms with Gasteiger partial charge in [-0.2, -0.15) is 0 Å². The maximum atomic E-state index is 13.2. The lowest BCUT2D eigenvalue weighted by Gasteiger charge is -2.05. The first-order valence-corrected chi connectivity index (χ1v) is 5.68. The minimum atomic E-state index is -0.586. The smallest absolute Gasteiger partial charge is 0.344 e. The van der Waals surface area contributed by atoms with Gasteiger partial charge in [-0.25, -0.2) is 9.18 Å². The average molecular weight is 254 g/mol. The van der Waals surface area contributed by atoms with Crippen molar-refractivity contribution < 1.29 is 23.5 Å². The summed E-state index contributed by atoms with van der Waals surface area (Å²) < 4.78 is 22.5. The Bertz CT molecular complexity index is 417. The highest BCUT2D eigenvalue weighted by Gasteiger charge is 2.09. The van der Waals surface area contributed by atoms with Gasteiger partial charge in [-0.3, -0.25) is 4.79 Å². The Hall–Kier alpha value is -1.91. The summed E-state index contributed by atoms with van der Waals surface area (Å²) in [5.74, 6) is -1.49. The Morgan fingerprint density at radius 2 is 1.89 bits per heavy atom. The highest BCUT2D eigenvalue weighted by Crippen LogP contribution is 2.09. The van der Waals surface area contributed by atoms with Crippen molar-refractivity contribution in [2.75, 3.05) is 13.2 Å². The molecule has 0 bridgehead atoms. The third-order valence-corrected chi connectivity index (χ3v) is 2.21. The molecule has 0 aromatic heterocycles. The molecule has 0 fully saturated rings. The summed E-state index contributed by atoms with van der Waals surface area (Å²) in [4.78, 5) is 22.2. The lowest BCUT2D eigenvalue weighted by molar-refractivity contribution is -0.158. The molecule has 0 saturated heterocycles. The third kappa shape index (κ3) is 4.95. The van der Waals surface area contributed by atoms with Crippen molar-refractivity contribution in [2.45, 2.75) is 19.8 Å². The fourth-order valence-corrected chi connectivity index (χ4v) is 1.35. The summed E-state index contributed by atoms with van der Waals surface area (Å²) in [5, 5.41) is 0. The van der Waals surface area contributed by atoms with E-state index in [9.17, 15) is 14.0 Å². The molecule has 0 aliphatic rings. The first kappa shape index (κ1) is 14.2. The van der Waals surface area contributed by atoms with E-state index in [1.54, 1.807) is 25.1 Å². The van der Waals surface area contributed by atoms with Crippen LogP contribution < -0.4 is 0 Å². The molecule has 1 aromatic carbocycles. The Morgan fingerprint density at radius 1 is 1.17 bits per heavy atom. The van der Waals surface area contributed by atoms with Gasteiger partial charge < -0.3 is 9.47 Å². The van der Waals surface area contributed by atoms with Crippen molar-refractivity contribution in [3.63, 3.8) is 0 Å². The first-order chi connectivity index (χ1) is 8.63. The summed E-state index contributed by atoms with van der Waals surface area (Å²) in [6.07, 6.45) is 0.272. The zero-order valence-corrected chi connectivity index (χ0v) is 10.1. The molecule has 18 heavy (non-hydrogen) atoms. The predicted octanol–water partition coefficient (Wildman–Crippen LogP) is 1.86. The quantitative estimate of drug-likeness (QED) is 0.727. The molecule has 0 heterocycles. The van der Waals surface area contributed by atoms with Gasteiger partial charge in [0, 0.05) is 6.42 Å². The highest BCUT2D eigenvalue weighted by molar-refractivity contribution is 5.76. The summed E-state index contributed by atoms with van der Waals surface area (Å²) in [6, 6.07) is 6.22. The second-order valence-electron chi connectivity index (χ2n) is 3.56. The van der Waals surface area contributed by atoms with E-state index in [4.69, 9.17) is 0 Å². The molecule has 1 rings (SSSR count). The van der Waals surface area contributed by atoms with Crippen LogP contribution in [0.4, 0.5) is 4.39 Å². The van der Waals surface area contributed by atoms with E-state index in [-0.39, 0.29) is 25.3 Å². The van der Waals surface area contributed by atoms with Crippen molar-refractivity contribution in [1.29, 1.82) is 0 Å². The van der Waals surface area contributed by atoms with Crippen molar-refractivity contribution >= 4 is 11.9 Å². The van der Waals surface area contributed by atoms with Crippen LogP contribution in [-0.2, 0) is 25.5 Å². The van der Waals surface area contributed by atoms with Crippen molar-refractivity contribution in [2.24, 2.45) is 0 Å². The number of hydrogen-bond acceptors (Lipinski definition) is 4. The Morgan fingerprint density at radius 3 is 2.56 bits per heavy atom. The number of aryl methyl sites for hydroxylation is 1. The summed E-state index contributed by atoms with van der Waals surface area (Å²) in [5.41, 5.74) is 0.450. The minimum Gasteiger partial charge on any atom is -0.463 e. The van der Waals surface area contributed by atoms with Gasteiger partial charge in [0.25, 0.3) is 0 Å². The van der Waals surface area contributed by atoms with Gasteiger partial charge in [-0.05, 0) is 25.0 Å². The fourth-order valence-electron chi connectivity index (χ4n) is 1.35. The van der Waals surface area contributed by atoms with Gasteiger partial charge in [-0.1, -0.05) is 18.2 Å². The molecular formula is C13H15FO4. The summed E-state index contributed by atoms with van der Waals surface area (Å²) in [6.45, 7) is 1.51. The molecule has 0 aliphatic carbocycles. The fraction of sp³-hybridized carbons (Fsp3) is 0.385. The zero-order valence-electron chi connectivity index (χ0n) is 10.1. The van der Waals surface area contributed by atoms with Crippen LogP contribution in [0.25, 0.3) is 0 Å². The monoisotopic (exact) mass is 254 g/mol. The van der Waals surface area contributed by atoms with Crippen molar-refractivity contribution in [3.8, 4) is 0 Å². The maximum absolute atomic E-state index is 13.2. The van der Waals surface area contributed by atoms with E-state index >= 15 is 0 Å². The molecule has 0 amide bonds. The van der Waals surface area contributed by atoms with Crippen LogP contribution in [0.5, 0.6) is 0 Å². The number of ether oxygens (including phenoxy) is 2. The second-order valence-corrected chi connectivity index (χ2v) is 3.56. The normalized spacial score (nSPS) is 9.89. The van der Waals surface area contributed by atoms with Gasteiger partial charge in [0.05, 0.1) is 6.61 Å². The van der Waals surface area contributed by atoms with Crippen LogP contribution in [0.3, 0.4) is 0 Å². The minimum absolute atomic E-state index is 0.0281. The maximum Gasteiger partial charge on any atom is 0.344 e. The summed E-state index contributed by atoms with van der Waals surface area (Å²) >= 11 is 0. The molecule has 0 radical (unpaired) electrons. The van der Waals surface area contributed by atoms with Crippen LogP contribution in [0.2, 0.25) is 0 Å². The Balaban J connectivity index is 2.29. The highest BCUT2D eigenvalue weighted by atomic mass is 19.1. The van der Waals surface area contributed by atoms with Gasteiger partial charge in [-0.15, -0.1) is 0 Å². The number of halogens is 1. The largest absolute Gasteiger partial charge is 0.463 e. The summed E-state index contributed by atoms with van der Waals surface area (Å²) in [7, 11) is 0. The van der Waals surface area contributed by atoms with Crippen molar-refractivity contribution in [3.05, 3.63) is 35.6 Å². The standard InChI is InChI=1S/C13H15FO4/c1-2-17-13(16)9-18-12(15)8-7-10-5-3-4-6-11(10)14/h3-6H,2,7-9H2,1H3. The van der Waals surface area contributed by atoms with Crippen LogP contribution >= 0.6 is 0 Å². The van der Waals surface area contributed by atoms with Gasteiger partial charge in [0.2, 0.25) is 0 Å². The number of carbonyl (C=O) groups is 2. The van der Waals surface area contributed by atoms with E-state index in [1.165, 1.54) is 6.07 Å². The van der Waals surface area contributed by atoms with E-state index in [2.05, 4.69) is 9.47 Å². The lowest BCUT2D eigenvalue weighted by Crippen LogP contribution is -2.16. The topological polar surface area (TPSA) is 52.6 Å². The second kappa shape index (κ2) is 7.42. The molecule has 1 aromatic rings. The van der Waals surface area contributed by atoms with Crippen LogP contribution in [0.15, 0.2) is 24.3 Å². The molecule has 0 N–H and O–H groups in total. The van der Waals surface area contributed by atoms with E-state index in [0.717, 1.165) is 0 Å². The van der Waals surface area contributed by atoms with Crippen LogP contribution in [0.1, 0.15) is 18.9 Å². The molecular weight excluding hydrogens is 239 g/mol. The number of benzene rings is 1. The Labute approximate surface area is 105 Å². The zero-order chi connectivity index (χ0) is 13.4. The Kier molecular flexibility index (Phi) is 5.84. The molecule has 0 unspecified atom stereocenters. The number of carbonyl (C=O) groups excluding carboxylic acids is 2. The number of hydrogen-bond donors (Lipinski definition) is 0. The molecule has 0 atom stereocenters. The molecule has 98 valence electrons. The van der Waals surface area contributed by atoms with Gasteiger partial charge in [0.1, 0.15) is 5.82 Å². The van der Waals surface area contributed by atoms with Crippen LogP contribution in [0, 0.1) is 5.82 Å². The molecule has 4 nitrogen and oxygen atoms in total.